The van der Waals surface area contributed by atoms with Gasteiger partial charge in [0.15, 0.2) is 11.7 Å². The fraction of sp³-hybridized carbons (Fsp3) is 0.500. The van der Waals surface area contributed by atoms with Crippen LogP contribution in [0.2, 0.25) is 0 Å². The third-order valence-corrected chi connectivity index (χ3v) is 7.21. The number of hydrogen-bond acceptors (Lipinski definition) is 7. The molecule has 1 aliphatic carbocycles. The first kappa shape index (κ1) is 19.4. The van der Waals surface area contributed by atoms with Crippen molar-refractivity contribution in [2.45, 2.75) is 48.5 Å². The molecule has 0 spiro atoms. The van der Waals surface area contributed by atoms with Crippen molar-refractivity contribution in [3.05, 3.63) is 41.5 Å². The average Bonchev–Trinajstić information content (AvgIpc) is 3.24. The van der Waals surface area contributed by atoms with Crippen molar-refractivity contribution in [3.8, 4) is 0 Å². The molecule has 0 bridgehead atoms. The van der Waals surface area contributed by atoms with Crippen molar-refractivity contribution >= 4 is 28.3 Å². The maximum atomic E-state index is 12.3. The molecule has 8 nitrogen and oxygen atoms in total. The van der Waals surface area contributed by atoms with Gasteiger partial charge in [0.1, 0.15) is 4.90 Å². The summed E-state index contributed by atoms with van der Waals surface area (Å²) >= 11 is 0. The highest BCUT2D eigenvalue weighted by Gasteiger charge is 2.40. The molecule has 3 aliphatic rings. The molecule has 28 heavy (non-hydrogen) atoms. The van der Waals surface area contributed by atoms with Gasteiger partial charge in [0.05, 0.1) is 5.54 Å². The van der Waals surface area contributed by atoms with E-state index in [4.69, 9.17) is 10.3 Å². The molecule has 1 aromatic heterocycles. The van der Waals surface area contributed by atoms with Crippen molar-refractivity contribution in [1.29, 1.82) is 0 Å². The van der Waals surface area contributed by atoms with Crippen molar-refractivity contribution in [2.24, 2.45) is 10.1 Å². The number of fused-ring (bicyclic) bond motifs is 1. The van der Waals surface area contributed by atoms with E-state index in [1.807, 2.05) is 17.0 Å². The zero-order valence-corrected chi connectivity index (χ0v) is 16.9. The van der Waals surface area contributed by atoms with E-state index >= 15 is 0 Å². The van der Waals surface area contributed by atoms with Crippen LogP contribution in [0.4, 0.5) is 0 Å². The molecule has 10 heteroatoms. The molecule has 0 atom stereocenters. The topological polar surface area (TPSA) is 115 Å². The third kappa shape index (κ3) is 3.01. The zero-order chi connectivity index (χ0) is 18.6. The second-order valence-corrected chi connectivity index (χ2v) is 9.19. The third-order valence-electron chi connectivity index (χ3n) is 5.89. The maximum absolute atomic E-state index is 12.3. The first-order valence-corrected chi connectivity index (χ1v) is 10.7. The van der Waals surface area contributed by atoms with E-state index in [1.165, 1.54) is 0 Å². The molecule has 5 rings (SSSR count). The zero-order valence-electron chi connectivity index (χ0n) is 15.2. The molecular weight excluding hydrogens is 402 g/mol. The number of rotatable bonds is 2. The summed E-state index contributed by atoms with van der Waals surface area (Å²) in [4.78, 5) is 6.89. The summed E-state index contributed by atoms with van der Waals surface area (Å²) < 4.78 is 34.0. The molecule has 1 aromatic carbocycles. The lowest BCUT2D eigenvalue weighted by Gasteiger charge is -2.34. The standard InChI is InChI=1S/C18H21N5O3S.ClH/c19-18(8-3-9-18)17-20-16(26-21-17)12-6-10-23(11-7-12)15-13-4-1-2-5-14(13)27(24,25)22-15;/h1-2,4-5,12H,3,6-11,19H2;1H. The number of nitrogens with zero attached hydrogens (tertiary/aromatic N) is 4. The number of piperidine rings is 1. The van der Waals surface area contributed by atoms with E-state index < -0.39 is 15.6 Å². The molecule has 0 unspecified atom stereocenters. The van der Waals surface area contributed by atoms with Crippen LogP contribution in [0.25, 0.3) is 0 Å². The molecule has 2 aromatic rings. The van der Waals surface area contributed by atoms with Crippen LogP contribution in [0, 0.1) is 0 Å². The van der Waals surface area contributed by atoms with Crippen LogP contribution in [0.15, 0.2) is 38.1 Å². The highest BCUT2D eigenvalue weighted by Crippen LogP contribution is 2.38. The van der Waals surface area contributed by atoms with E-state index in [2.05, 4.69) is 14.5 Å². The summed E-state index contributed by atoms with van der Waals surface area (Å²) in [5, 5.41) is 4.10. The van der Waals surface area contributed by atoms with Gasteiger partial charge in [-0.25, -0.2) is 0 Å². The lowest BCUT2D eigenvalue weighted by Crippen LogP contribution is -2.44. The number of amidine groups is 1. The predicted molar refractivity (Wildman–Crippen MR) is 105 cm³/mol. The average molecular weight is 424 g/mol. The summed E-state index contributed by atoms with van der Waals surface area (Å²) in [6.07, 6.45) is 4.52. The van der Waals surface area contributed by atoms with Gasteiger partial charge < -0.3 is 15.2 Å². The molecule has 1 saturated heterocycles. The van der Waals surface area contributed by atoms with Crippen molar-refractivity contribution < 1.29 is 12.9 Å². The fourth-order valence-electron chi connectivity index (χ4n) is 4.04. The summed E-state index contributed by atoms with van der Waals surface area (Å²) in [5.74, 6) is 1.97. The van der Waals surface area contributed by atoms with Crippen molar-refractivity contribution in [3.63, 3.8) is 0 Å². The second-order valence-electron chi connectivity index (χ2n) is 7.61. The Morgan fingerprint density at radius 3 is 2.57 bits per heavy atom. The number of aromatic nitrogens is 2. The molecule has 150 valence electrons. The Morgan fingerprint density at radius 2 is 1.89 bits per heavy atom. The van der Waals surface area contributed by atoms with Crippen LogP contribution in [0.3, 0.4) is 0 Å². The molecule has 2 aliphatic heterocycles. The van der Waals surface area contributed by atoms with Crippen LogP contribution < -0.4 is 5.73 Å². The van der Waals surface area contributed by atoms with Gasteiger partial charge >= 0.3 is 0 Å². The van der Waals surface area contributed by atoms with Gasteiger partial charge in [0, 0.05) is 24.6 Å². The monoisotopic (exact) mass is 423 g/mol. The quantitative estimate of drug-likeness (QED) is 0.786. The minimum Gasteiger partial charge on any atom is -0.355 e. The molecule has 1 saturated carbocycles. The lowest BCUT2D eigenvalue weighted by atomic mass is 9.77. The number of nitrogens with two attached hydrogens (primary N) is 1. The molecule has 3 heterocycles. The highest BCUT2D eigenvalue weighted by atomic mass is 35.5. The molecular formula is C18H22ClN5O3S. The van der Waals surface area contributed by atoms with E-state index in [9.17, 15) is 8.42 Å². The Bertz CT molecular complexity index is 1020. The largest absolute Gasteiger partial charge is 0.355 e. The number of benzene rings is 1. The van der Waals surface area contributed by atoms with Gasteiger partial charge in [-0.05, 0) is 44.2 Å². The highest BCUT2D eigenvalue weighted by molar-refractivity contribution is 7.90. The predicted octanol–water partition coefficient (Wildman–Crippen LogP) is 2.16. The van der Waals surface area contributed by atoms with Gasteiger partial charge in [-0.15, -0.1) is 16.8 Å². The summed E-state index contributed by atoms with van der Waals surface area (Å²) in [7, 11) is -3.59. The number of likely N-dealkylation sites (tertiary alicyclic amines) is 1. The van der Waals surface area contributed by atoms with Crippen LogP contribution in [-0.2, 0) is 15.6 Å². The van der Waals surface area contributed by atoms with E-state index in [1.54, 1.807) is 12.1 Å². The van der Waals surface area contributed by atoms with Crippen molar-refractivity contribution in [1.82, 2.24) is 15.0 Å². The van der Waals surface area contributed by atoms with Crippen LogP contribution in [0.5, 0.6) is 0 Å². The number of sulfonamides is 1. The van der Waals surface area contributed by atoms with Crippen LogP contribution in [-0.4, -0.2) is 42.4 Å². The number of halogens is 1. The van der Waals surface area contributed by atoms with Crippen molar-refractivity contribution in [2.75, 3.05) is 13.1 Å². The fourth-order valence-corrected chi connectivity index (χ4v) is 5.27. The Morgan fingerprint density at radius 1 is 1.18 bits per heavy atom. The van der Waals surface area contributed by atoms with Gasteiger partial charge in [-0.1, -0.05) is 17.3 Å². The Hall–Kier alpha value is -1.97. The lowest BCUT2D eigenvalue weighted by molar-refractivity contribution is 0.226. The Balaban J connectivity index is 0.00000192. The summed E-state index contributed by atoms with van der Waals surface area (Å²) in [5.41, 5.74) is 6.55. The smallest absolute Gasteiger partial charge is 0.285 e. The second kappa shape index (κ2) is 6.82. The Labute approximate surface area is 169 Å². The Kier molecular flexibility index (Phi) is 4.71. The normalized spacial score (nSPS) is 22.8. The first-order chi connectivity index (χ1) is 13.0. The van der Waals surface area contributed by atoms with E-state index in [-0.39, 0.29) is 23.2 Å². The van der Waals surface area contributed by atoms with Gasteiger partial charge in [-0.3, -0.25) is 0 Å². The van der Waals surface area contributed by atoms with Gasteiger partial charge in [-0.2, -0.15) is 13.4 Å². The van der Waals surface area contributed by atoms with E-state index in [0.29, 0.717) is 36.2 Å². The molecule has 0 amide bonds. The summed E-state index contributed by atoms with van der Waals surface area (Å²) in [6.45, 7) is 1.39. The molecule has 2 N–H and O–H groups in total. The molecule has 0 radical (unpaired) electrons. The summed E-state index contributed by atoms with van der Waals surface area (Å²) in [6, 6.07) is 6.98. The minimum absolute atomic E-state index is 0. The van der Waals surface area contributed by atoms with Gasteiger partial charge in [0.2, 0.25) is 5.89 Å². The minimum atomic E-state index is -3.59. The molecule has 2 fully saturated rings. The van der Waals surface area contributed by atoms with Crippen LogP contribution >= 0.6 is 12.4 Å². The first-order valence-electron chi connectivity index (χ1n) is 9.29. The SMILES string of the molecule is Cl.NC1(c2noc(C3CCN(C4=NS(=O)(=O)c5ccccc54)CC3)n2)CCC1. The maximum Gasteiger partial charge on any atom is 0.285 e. The number of hydrogen-bond donors (Lipinski definition) is 1. The van der Waals surface area contributed by atoms with E-state index in [0.717, 1.165) is 32.1 Å². The van der Waals surface area contributed by atoms with Crippen LogP contribution in [0.1, 0.15) is 55.3 Å². The van der Waals surface area contributed by atoms with Gasteiger partial charge in [0.25, 0.3) is 10.0 Å².